The van der Waals surface area contributed by atoms with Gasteiger partial charge in [0, 0.05) is 64.4 Å². The van der Waals surface area contributed by atoms with E-state index in [0.717, 1.165) is 77.7 Å². The molecule has 2 heterocycles. The van der Waals surface area contributed by atoms with Crippen LogP contribution in [0.15, 0.2) is 4.99 Å². The molecule has 2 saturated heterocycles. The van der Waals surface area contributed by atoms with Gasteiger partial charge in [-0.25, -0.2) is 0 Å². The van der Waals surface area contributed by atoms with Crippen LogP contribution in [0, 0.1) is 0 Å². The standard InChI is InChI=1S/C22H44N6O/c1-7-23-22(24-10-13-28(18(2)3)19(4)5)27-16-14-25(15-17-27)20(6)21(29)26-11-8-9-12-26/h18-20H,7-17H2,1-6H3,(H,23,24). The molecule has 29 heavy (non-hydrogen) atoms. The second kappa shape index (κ2) is 11.7. The van der Waals surface area contributed by atoms with Crippen LogP contribution in [-0.2, 0) is 4.79 Å². The van der Waals surface area contributed by atoms with Crippen molar-refractivity contribution < 1.29 is 4.79 Å². The molecule has 1 N–H and O–H groups in total. The third kappa shape index (κ3) is 6.85. The molecule has 7 nitrogen and oxygen atoms in total. The van der Waals surface area contributed by atoms with E-state index in [1.165, 1.54) is 0 Å². The van der Waals surface area contributed by atoms with Crippen LogP contribution in [-0.4, -0.2) is 108 Å². The van der Waals surface area contributed by atoms with Crippen molar-refractivity contribution in [2.45, 2.75) is 72.5 Å². The van der Waals surface area contributed by atoms with Crippen molar-refractivity contribution in [1.82, 2.24) is 24.9 Å². The summed E-state index contributed by atoms with van der Waals surface area (Å²) in [4.78, 5) is 26.8. The van der Waals surface area contributed by atoms with E-state index < -0.39 is 0 Å². The fourth-order valence-corrected chi connectivity index (χ4v) is 4.49. The van der Waals surface area contributed by atoms with Crippen molar-refractivity contribution in [3.8, 4) is 0 Å². The lowest BCUT2D eigenvalue weighted by Crippen LogP contribution is -2.57. The Balaban J connectivity index is 1.87. The van der Waals surface area contributed by atoms with Gasteiger partial charge in [-0.2, -0.15) is 0 Å². The molecular formula is C22H44N6O. The van der Waals surface area contributed by atoms with E-state index in [1.54, 1.807) is 0 Å². The molecule has 2 aliphatic rings. The van der Waals surface area contributed by atoms with Crippen molar-refractivity contribution in [1.29, 1.82) is 0 Å². The molecule has 7 heteroatoms. The summed E-state index contributed by atoms with van der Waals surface area (Å²) in [6.45, 7) is 21.4. The Labute approximate surface area is 178 Å². The summed E-state index contributed by atoms with van der Waals surface area (Å²) in [5.74, 6) is 1.32. The van der Waals surface area contributed by atoms with Gasteiger partial charge in [-0.05, 0) is 54.4 Å². The molecule has 168 valence electrons. The maximum atomic E-state index is 12.7. The highest BCUT2D eigenvalue weighted by Crippen LogP contribution is 2.14. The van der Waals surface area contributed by atoms with Crippen LogP contribution in [0.3, 0.4) is 0 Å². The Bertz CT molecular complexity index is 513. The highest BCUT2D eigenvalue weighted by atomic mass is 16.2. The average Bonchev–Trinajstić information content (AvgIpc) is 3.23. The minimum Gasteiger partial charge on any atom is -0.357 e. The SMILES string of the molecule is CCNC(=NCCN(C(C)C)C(C)C)N1CCN(C(C)C(=O)N2CCCC2)CC1. The van der Waals surface area contributed by atoms with Gasteiger partial charge in [0.2, 0.25) is 5.91 Å². The van der Waals surface area contributed by atoms with Crippen LogP contribution in [0.4, 0.5) is 0 Å². The van der Waals surface area contributed by atoms with Gasteiger partial charge in [-0.3, -0.25) is 19.6 Å². The molecule has 0 aromatic heterocycles. The lowest BCUT2D eigenvalue weighted by atomic mass is 10.2. The van der Waals surface area contributed by atoms with E-state index in [9.17, 15) is 4.79 Å². The van der Waals surface area contributed by atoms with Crippen LogP contribution < -0.4 is 5.32 Å². The van der Waals surface area contributed by atoms with Crippen molar-refractivity contribution in [2.24, 2.45) is 4.99 Å². The number of hydrogen-bond acceptors (Lipinski definition) is 4. The second-order valence-corrected chi connectivity index (χ2v) is 8.89. The predicted octanol–water partition coefficient (Wildman–Crippen LogP) is 1.70. The van der Waals surface area contributed by atoms with E-state index in [-0.39, 0.29) is 6.04 Å². The Hall–Kier alpha value is -1.34. The van der Waals surface area contributed by atoms with Gasteiger partial charge >= 0.3 is 0 Å². The third-order valence-electron chi connectivity index (χ3n) is 6.22. The van der Waals surface area contributed by atoms with Gasteiger partial charge in [-0.15, -0.1) is 0 Å². The molecule has 0 saturated carbocycles. The number of nitrogens with one attached hydrogen (secondary N) is 1. The lowest BCUT2D eigenvalue weighted by molar-refractivity contribution is -0.135. The fourth-order valence-electron chi connectivity index (χ4n) is 4.49. The highest BCUT2D eigenvalue weighted by molar-refractivity contribution is 5.82. The number of likely N-dealkylation sites (tertiary alicyclic amines) is 1. The molecule has 0 aromatic carbocycles. The molecule has 2 aliphatic heterocycles. The number of carbonyl (C=O) groups is 1. The van der Waals surface area contributed by atoms with Crippen LogP contribution in [0.2, 0.25) is 0 Å². The number of hydrogen-bond donors (Lipinski definition) is 1. The summed E-state index contributed by atoms with van der Waals surface area (Å²) in [6.07, 6.45) is 2.31. The molecule has 2 fully saturated rings. The molecule has 0 aliphatic carbocycles. The molecule has 1 atom stereocenters. The number of aliphatic imine (C=N–C) groups is 1. The van der Waals surface area contributed by atoms with Crippen LogP contribution in [0.1, 0.15) is 54.4 Å². The highest BCUT2D eigenvalue weighted by Gasteiger charge is 2.30. The zero-order chi connectivity index (χ0) is 21.4. The quantitative estimate of drug-likeness (QED) is 0.489. The zero-order valence-electron chi connectivity index (χ0n) is 19.7. The summed E-state index contributed by atoms with van der Waals surface area (Å²) in [5.41, 5.74) is 0. The first-order valence-electron chi connectivity index (χ1n) is 11.7. The lowest BCUT2D eigenvalue weighted by Gasteiger charge is -2.39. The van der Waals surface area contributed by atoms with E-state index in [1.807, 2.05) is 4.90 Å². The van der Waals surface area contributed by atoms with Crippen molar-refractivity contribution in [3.05, 3.63) is 0 Å². The Morgan fingerprint density at radius 3 is 2.03 bits per heavy atom. The fraction of sp³-hybridized carbons (Fsp3) is 0.909. The number of piperazine rings is 1. The average molecular weight is 409 g/mol. The second-order valence-electron chi connectivity index (χ2n) is 8.89. The Morgan fingerprint density at radius 1 is 0.931 bits per heavy atom. The largest absolute Gasteiger partial charge is 0.357 e. The van der Waals surface area contributed by atoms with Crippen LogP contribution in [0.25, 0.3) is 0 Å². The predicted molar refractivity (Wildman–Crippen MR) is 121 cm³/mol. The smallest absolute Gasteiger partial charge is 0.239 e. The van der Waals surface area contributed by atoms with Crippen molar-refractivity contribution in [3.63, 3.8) is 0 Å². The summed E-state index contributed by atoms with van der Waals surface area (Å²) in [5, 5.41) is 3.46. The van der Waals surface area contributed by atoms with Crippen LogP contribution >= 0.6 is 0 Å². The third-order valence-corrected chi connectivity index (χ3v) is 6.22. The Kier molecular flexibility index (Phi) is 9.69. The van der Waals surface area contributed by atoms with Crippen LogP contribution in [0.5, 0.6) is 0 Å². The van der Waals surface area contributed by atoms with Gasteiger partial charge in [0.15, 0.2) is 5.96 Å². The van der Waals surface area contributed by atoms with Gasteiger partial charge in [0.05, 0.1) is 12.6 Å². The number of nitrogens with zero attached hydrogens (tertiary/aromatic N) is 5. The van der Waals surface area contributed by atoms with Crippen molar-refractivity contribution in [2.75, 3.05) is 58.9 Å². The summed E-state index contributed by atoms with van der Waals surface area (Å²) in [6, 6.07) is 1.05. The summed E-state index contributed by atoms with van der Waals surface area (Å²) in [7, 11) is 0. The molecule has 1 amide bonds. The van der Waals surface area contributed by atoms with Gasteiger partial charge in [0.25, 0.3) is 0 Å². The van der Waals surface area contributed by atoms with Crippen molar-refractivity contribution >= 4 is 11.9 Å². The zero-order valence-corrected chi connectivity index (χ0v) is 19.7. The first-order chi connectivity index (χ1) is 13.8. The molecule has 0 bridgehead atoms. The van der Waals surface area contributed by atoms with E-state index >= 15 is 0 Å². The molecular weight excluding hydrogens is 364 g/mol. The van der Waals surface area contributed by atoms with E-state index in [0.29, 0.717) is 18.0 Å². The maximum absolute atomic E-state index is 12.7. The minimum atomic E-state index is -0.0135. The first-order valence-corrected chi connectivity index (χ1v) is 11.7. The van der Waals surface area contributed by atoms with E-state index in [2.05, 4.69) is 61.6 Å². The van der Waals surface area contributed by atoms with Gasteiger partial charge in [0.1, 0.15) is 0 Å². The number of rotatable bonds is 8. The topological polar surface area (TPSA) is 54.4 Å². The molecule has 2 rings (SSSR count). The minimum absolute atomic E-state index is 0.0135. The number of guanidine groups is 1. The van der Waals surface area contributed by atoms with Gasteiger partial charge in [-0.1, -0.05) is 0 Å². The number of amides is 1. The van der Waals surface area contributed by atoms with E-state index in [4.69, 9.17) is 4.99 Å². The normalized spacial score (nSPS) is 20.2. The maximum Gasteiger partial charge on any atom is 0.239 e. The monoisotopic (exact) mass is 408 g/mol. The summed E-state index contributed by atoms with van der Waals surface area (Å²) >= 11 is 0. The molecule has 0 spiro atoms. The molecule has 0 radical (unpaired) electrons. The van der Waals surface area contributed by atoms with Gasteiger partial charge < -0.3 is 15.1 Å². The number of carbonyl (C=O) groups excluding carboxylic acids is 1. The molecule has 1 unspecified atom stereocenters. The first kappa shape index (κ1) is 23.9. The Morgan fingerprint density at radius 2 is 1.52 bits per heavy atom. The summed E-state index contributed by atoms with van der Waals surface area (Å²) < 4.78 is 0. The molecule has 0 aromatic rings.